The summed E-state index contributed by atoms with van der Waals surface area (Å²) in [6, 6.07) is 20.7. The first-order valence-corrected chi connectivity index (χ1v) is 15.6. The van der Waals surface area contributed by atoms with Gasteiger partial charge in [0.05, 0.1) is 23.4 Å². The largest absolute Gasteiger partial charge is 0.335 e. The monoisotopic (exact) mass is 629 g/mol. The Balaban J connectivity index is 0.00000216. The molecule has 2 aromatic carbocycles. The second-order valence-corrected chi connectivity index (χ2v) is 10.8. The third-order valence-corrected chi connectivity index (χ3v) is 7.93. The molecule has 1 aliphatic rings. The van der Waals surface area contributed by atoms with Gasteiger partial charge in [-0.2, -0.15) is 5.26 Å². The molecule has 1 saturated heterocycles. The molecule has 0 radical (unpaired) electrons. The topological polar surface area (TPSA) is 90.1 Å². The smallest absolute Gasteiger partial charge is 0.321 e. The summed E-state index contributed by atoms with van der Waals surface area (Å²) < 4.78 is 2.15. The van der Waals surface area contributed by atoms with Crippen molar-refractivity contribution in [3.05, 3.63) is 119 Å². The van der Waals surface area contributed by atoms with Gasteiger partial charge in [-0.3, -0.25) is 9.88 Å². The SMILES string of the molecule is C=C(CCCn1ccnc1C)c1cc(Cl)ccc1C(c1ccccn1)N1CCN(C(=O)Nc2ccc(C#N)cc2)CC1.CCl. The Morgan fingerprint density at radius 2 is 1.80 bits per heavy atom. The van der Waals surface area contributed by atoms with E-state index in [1.807, 2.05) is 54.7 Å². The number of anilines is 1. The highest BCUT2D eigenvalue weighted by Gasteiger charge is 2.31. The lowest BCUT2D eigenvalue weighted by Gasteiger charge is -2.40. The van der Waals surface area contributed by atoms with E-state index < -0.39 is 0 Å². The highest BCUT2D eigenvalue weighted by Crippen LogP contribution is 2.36. The van der Waals surface area contributed by atoms with E-state index >= 15 is 0 Å². The van der Waals surface area contributed by atoms with E-state index in [1.54, 1.807) is 24.3 Å². The number of hydrogen-bond donors (Lipinski definition) is 1. The number of carbonyl (C=O) groups excluding carboxylic acids is 1. The number of nitriles is 1. The average Bonchev–Trinajstić information content (AvgIpc) is 3.48. The molecular weight excluding hydrogens is 593 g/mol. The summed E-state index contributed by atoms with van der Waals surface area (Å²) in [6.07, 6.45) is 8.88. The van der Waals surface area contributed by atoms with E-state index in [1.165, 1.54) is 6.38 Å². The van der Waals surface area contributed by atoms with Gasteiger partial charge in [-0.1, -0.05) is 30.3 Å². The van der Waals surface area contributed by atoms with Crippen molar-refractivity contribution in [3.8, 4) is 6.07 Å². The molecular formula is C34H37Cl2N7O. The molecule has 0 aliphatic carbocycles. The normalized spacial score (nSPS) is 13.8. The van der Waals surface area contributed by atoms with Crippen molar-refractivity contribution in [2.45, 2.75) is 32.4 Å². The molecule has 10 heteroatoms. The molecule has 228 valence electrons. The fourth-order valence-corrected chi connectivity index (χ4v) is 5.58. The zero-order chi connectivity index (χ0) is 31.5. The van der Waals surface area contributed by atoms with Crippen molar-refractivity contribution in [3.63, 3.8) is 0 Å². The molecule has 2 aromatic heterocycles. The number of benzene rings is 2. The molecule has 1 fully saturated rings. The number of urea groups is 1. The number of halogens is 2. The second-order valence-electron chi connectivity index (χ2n) is 10.4. The maximum Gasteiger partial charge on any atom is 0.321 e. The van der Waals surface area contributed by atoms with E-state index in [-0.39, 0.29) is 12.1 Å². The van der Waals surface area contributed by atoms with Crippen LogP contribution in [0.15, 0.2) is 85.8 Å². The van der Waals surface area contributed by atoms with Crippen LogP contribution in [0.3, 0.4) is 0 Å². The lowest BCUT2D eigenvalue weighted by Crippen LogP contribution is -2.51. The van der Waals surface area contributed by atoms with Gasteiger partial charge < -0.3 is 14.8 Å². The fourth-order valence-electron chi connectivity index (χ4n) is 5.41. The zero-order valence-corrected chi connectivity index (χ0v) is 26.6. The quantitative estimate of drug-likeness (QED) is 0.195. The Morgan fingerprint density at radius 3 is 2.43 bits per heavy atom. The fraction of sp³-hybridized carbons (Fsp3) is 0.294. The maximum atomic E-state index is 13.0. The summed E-state index contributed by atoms with van der Waals surface area (Å²) in [5, 5.41) is 12.6. The van der Waals surface area contributed by atoms with Crippen molar-refractivity contribution in [2.24, 2.45) is 0 Å². The third-order valence-electron chi connectivity index (χ3n) is 7.69. The molecule has 0 saturated carbocycles. The number of alkyl halides is 1. The van der Waals surface area contributed by atoms with E-state index in [9.17, 15) is 4.79 Å². The molecule has 5 rings (SSSR count). The van der Waals surface area contributed by atoms with Crippen molar-refractivity contribution in [1.29, 1.82) is 5.26 Å². The van der Waals surface area contributed by atoms with Gasteiger partial charge in [0.1, 0.15) is 5.82 Å². The second kappa shape index (κ2) is 16.1. The van der Waals surface area contributed by atoms with Crippen LogP contribution in [0.5, 0.6) is 0 Å². The summed E-state index contributed by atoms with van der Waals surface area (Å²) in [4.78, 5) is 26.3. The molecule has 4 aromatic rings. The Kier molecular flexibility index (Phi) is 12.0. The van der Waals surface area contributed by atoms with E-state index in [2.05, 4.69) is 56.1 Å². The molecule has 1 unspecified atom stereocenters. The third kappa shape index (κ3) is 8.26. The average molecular weight is 631 g/mol. The predicted octanol–water partition coefficient (Wildman–Crippen LogP) is 7.40. The number of carbonyl (C=O) groups is 1. The van der Waals surface area contributed by atoms with Gasteiger partial charge in [-0.05, 0) is 85.0 Å². The number of nitrogens with one attached hydrogen (secondary N) is 1. The summed E-state index contributed by atoms with van der Waals surface area (Å²) in [5.74, 6) is 1.00. The zero-order valence-electron chi connectivity index (χ0n) is 25.1. The number of aryl methyl sites for hydroxylation is 2. The van der Waals surface area contributed by atoms with Crippen LogP contribution in [0.25, 0.3) is 5.57 Å². The molecule has 1 atom stereocenters. The predicted molar refractivity (Wildman–Crippen MR) is 178 cm³/mol. The van der Waals surface area contributed by atoms with Crippen LogP contribution in [0.2, 0.25) is 5.02 Å². The number of hydrogen-bond acceptors (Lipinski definition) is 5. The number of rotatable bonds is 9. The number of pyridine rings is 1. The van der Waals surface area contributed by atoms with Crippen LogP contribution < -0.4 is 5.32 Å². The van der Waals surface area contributed by atoms with Gasteiger partial charge in [0.15, 0.2) is 0 Å². The first-order chi connectivity index (χ1) is 21.4. The molecule has 2 amide bonds. The molecule has 0 bridgehead atoms. The van der Waals surface area contributed by atoms with Gasteiger partial charge in [0.25, 0.3) is 0 Å². The number of nitrogens with zero attached hydrogens (tertiary/aromatic N) is 6. The van der Waals surface area contributed by atoms with E-state index in [0.717, 1.165) is 47.6 Å². The van der Waals surface area contributed by atoms with Crippen LogP contribution in [0, 0.1) is 18.3 Å². The Labute approximate surface area is 269 Å². The lowest BCUT2D eigenvalue weighted by molar-refractivity contribution is 0.125. The van der Waals surface area contributed by atoms with Gasteiger partial charge in [0, 0.05) is 68.4 Å². The minimum absolute atomic E-state index is 0.116. The van der Waals surface area contributed by atoms with Crippen LogP contribution in [-0.4, -0.2) is 62.9 Å². The Morgan fingerprint density at radius 1 is 1.05 bits per heavy atom. The Bertz CT molecular complexity index is 1570. The maximum absolute atomic E-state index is 13.0. The molecule has 0 spiro atoms. The number of aromatic nitrogens is 3. The standard InChI is InChI=1S/C33H34ClN7O.CH3Cl/c1-24(6-5-16-39-17-15-36-25(39)2)30-22-27(34)10-13-29(30)32(31-7-3-4-14-37-31)40-18-20-41(21-19-40)33(42)38-28-11-8-26(23-35)9-12-28;1-2/h3-4,7-15,17,22,32H,1,5-6,16,18-21H2,2H3,(H,38,42);1H3. The molecule has 3 heterocycles. The number of allylic oxidation sites excluding steroid dienone is 1. The van der Waals surface area contributed by atoms with Gasteiger partial charge >= 0.3 is 6.03 Å². The molecule has 1 aliphatic heterocycles. The van der Waals surface area contributed by atoms with Gasteiger partial charge in [-0.25, -0.2) is 9.78 Å². The van der Waals surface area contributed by atoms with Crippen LogP contribution in [0.1, 0.15) is 47.1 Å². The Hall–Kier alpha value is -4.16. The first kappa shape index (κ1) is 32.7. The van der Waals surface area contributed by atoms with E-state index in [4.69, 9.17) is 21.8 Å². The van der Waals surface area contributed by atoms with Crippen molar-refractivity contribution < 1.29 is 4.79 Å². The summed E-state index contributed by atoms with van der Waals surface area (Å²) >= 11 is 11.2. The van der Waals surface area contributed by atoms with E-state index in [0.29, 0.717) is 42.5 Å². The number of piperazine rings is 1. The van der Waals surface area contributed by atoms with Crippen molar-refractivity contribution in [1.82, 2.24) is 24.3 Å². The van der Waals surface area contributed by atoms with Crippen LogP contribution >= 0.6 is 23.2 Å². The number of amides is 2. The van der Waals surface area contributed by atoms with Gasteiger partial charge in [0.2, 0.25) is 0 Å². The lowest BCUT2D eigenvalue weighted by atomic mass is 9.90. The van der Waals surface area contributed by atoms with Gasteiger partial charge in [-0.15, -0.1) is 11.6 Å². The van der Waals surface area contributed by atoms with Crippen LogP contribution in [0.4, 0.5) is 10.5 Å². The molecule has 8 nitrogen and oxygen atoms in total. The highest BCUT2D eigenvalue weighted by atomic mass is 35.5. The highest BCUT2D eigenvalue weighted by molar-refractivity contribution is 6.30. The van der Waals surface area contributed by atoms with Crippen molar-refractivity contribution in [2.75, 3.05) is 37.9 Å². The number of imidazole rings is 1. The molecule has 44 heavy (non-hydrogen) atoms. The summed E-state index contributed by atoms with van der Waals surface area (Å²) in [7, 11) is 0. The summed E-state index contributed by atoms with van der Waals surface area (Å²) in [5.41, 5.74) is 5.35. The van der Waals surface area contributed by atoms with Crippen LogP contribution in [-0.2, 0) is 6.54 Å². The van der Waals surface area contributed by atoms with Crippen molar-refractivity contribution >= 4 is 40.5 Å². The minimum Gasteiger partial charge on any atom is -0.335 e. The first-order valence-electron chi connectivity index (χ1n) is 14.5. The summed E-state index contributed by atoms with van der Waals surface area (Å²) in [6.45, 7) is 9.85. The molecule has 1 N–H and O–H groups in total. The minimum atomic E-state index is -0.151.